The van der Waals surface area contributed by atoms with Crippen molar-refractivity contribution in [3.05, 3.63) is 87.9 Å². The van der Waals surface area contributed by atoms with E-state index in [0.717, 1.165) is 24.7 Å². The molecule has 0 bridgehead atoms. The van der Waals surface area contributed by atoms with E-state index in [-0.39, 0.29) is 79.9 Å². The third-order valence-corrected chi connectivity index (χ3v) is 13.4. The molecule has 0 aliphatic carbocycles. The van der Waals surface area contributed by atoms with Crippen LogP contribution in [0.25, 0.3) is 0 Å². The number of esters is 1. The molecule has 6 rings (SSSR count). The highest BCUT2D eigenvalue weighted by Gasteiger charge is 2.42. The highest BCUT2D eigenvalue weighted by Crippen LogP contribution is 2.37. The van der Waals surface area contributed by atoms with Crippen LogP contribution in [-0.2, 0) is 51.2 Å². The van der Waals surface area contributed by atoms with E-state index in [1.165, 1.54) is 19.2 Å². The van der Waals surface area contributed by atoms with Gasteiger partial charge in [-0.3, -0.25) is 19.6 Å². The number of aliphatic imine (C=N–C) groups is 1. The monoisotopic (exact) mass is 1040 g/mol. The number of carbonyl (C=O) groups excluding carboxylic acids is 5. The Hall–Kier alpha value is -5.88. The zero-order chi connectivity index (χ0) is 51.5. The van der Waals surface area contributed by atoms with E-state index in [1.54, 1.807) is 56.2 Å². The normalized spacial score (nSPS) is 18.8. The molecule has 24 heteroatoms. The van der Waals surface area contributed by atoms with Crippen LogP contribution >= 0.6 is 23.4 Å². The van der Waals surface area contributed by atoms with Gasteiger partial charge in [0.25, 0.3) is 0 Å². The molecule has 72 heavy (non-hydrogen) atoms. The summed E-state index contributed by atoms with van der Waals surface area (Å²) in [5.41, 5.74) is 1.54. The SMILES string of the molecule is COC(=O)C1=C(COCc2cn(CCOCCOCCNC(=O)[C@@H](CCCCNC(=O)OC(C)(C)C)NC(=O)CCCC[C@@H]3SC[C@@H]4NC(=O)N[C@@H]43)nn2)NC(c2ccncc2)=NC1c1ccc(F)cc1Cl. The fourth-order valence-electron chi connectivity index (χ4n) is 8.07. The minimum Gasteiger partial charge on any atom is -0.466 e. The summed E-state index contributed by atoms with van der Waals surface area (Å²) in [6.45, 7) is 7.45. The Morgan fingerprint density at radius 1 is 0.958 bits per heavy atom. The van der Waals surface area contributed by atoms with Gasteiger partial charge in [0.1, 0.15) is 35.0 Å². The molecule has 1 aromatic carbocycles. The predicted molar refractivity (Wildman–Crippen MR) is 265 cm³/mol. The van der Waals surface area contributed by atoms with Crippen LogP contribution in [0.5, 0.6) is 0 Å². The summed E-state index contributed by atoms with van der Waals surface area (Å²) in [6.07, 6.45) is 8.60. The number of fused-ring (bicyclic) bond motifs is 1. The number of nitrogens with one attached hydrogen (secondary N) is 6. The maximum atomic E-state index is 14.0. The van der Waals surface area contributed by atoms with Gasteiger partial charge in [-0.2, -0.15) is 11.8 Å². The van der Waals surface area contributed by atoms with Gasteiger partial charge in [-0.05, 0) is 77.1 Å². The first-order valence-electron chi connectivity index (χ1n) is 24.0. The topological polar surface area (TPSA) is 260 Å². The first kappa shape index (κ1) is 55.4. The van der Waals surface area contributed by atoms with Crippen molar-refractivity contribution in [2.75, 3.05) is 59.0 Å². The van der Waals surface area contributed by atoms with Crippen LogP contribution in [0.4, 0.5) is 14.0 Å². The molecule has 2 saturated heterocycles. The molecule has 6 N–H and O–H groups in total. The summed E-state index contributed by atoms with van der Waals surface area (Å²) in [7, 11) is 1.26. The smallest absolute Gasteiger partial charge is 0.407 e. The second-order valence-electron chi connectivity index (χ2n) is 18.2. The molecule has 21 nitrogen and oxygen atoms in total. The Kier molecular flexibility index (Phi) is 21.4. The number of alkyl carbamates (subject to hydrolysis) is 1. The number of ether oxygens (including phenoxy) is 5. The molecule has 0 radical (unpaired) electrons. The molecule has 5 amide bonds. The maximum Gasteiger partial charge on any atom is 0.407 e. The van der Waals surface area contributed by atoms with Crippen LogP contribution in [0.15, 0.2) is 65.2 Å². The Morgan fingerprint density at radius 2 is 1.75 bits per heavy atom. The lowest BCUT2D eigenvalue weighted by atomic mass is 9.95. The molecule has 0 spiro atoms. The predicted octanol–water partition coefficient (Wildman–Crippen LogP) is 4.26. The van der Waals surface area contributed by atoms with Crippen molar-refractivity contribution in [2.24, 2.45) is 4.99 Å². The standard InChI is InChI=1S/C48H65ClFN11O10S/c1-48(2,3)71-47(66)53-16-8-7-9-35(54-39(62)11-6-5-10-38-42-37(29-72-38)56-46(65)58-42)44(63)52-19-21-68-23-24-69-22-20-61-26-32(59-60-61)27-70-28-36-40(45(64)67-4)41(33-13-12-31(50)25-34(33)49)57-43(55-36)30-14-17-51-18-15-30/h12-15,17-18,25-26,35,37-38,41-42H,5-11,16,19-24,27-29H2,1-4H3,(H,52,63)(H,53,66)(H,54,62)(H,55,57)(H2,56,58,65)/t35-,37+,38+,41?,42+/m1/s1. The lowest BCUT2D eigenvalue weighted by Gasteiger charge is -2.28. The molecule has 3 aliphatic heterocycles. The summed E-state index contributed by atoms with van der Waals surface area (Å²) in [5, 5.41) is 26.4. The quantitative estimate of drug-likeness (QED) is 0.0338. The van der Waals surface area contributed by atoms with Crippen molar-refractivity contribution in [3.8, 4) is 0 Å². The summed E-state index contributed by atoms with van der Waals surface area (Å²) >= 11 is 8.30. The average molecular weight is 1040 g/mol. The van der Waals surface area contributed by atoms with Crippen LogP contribution in [0, 0.1) is 5.82 Å². The van der Waals surface area contributed by atoms with Crippen molar-refractivity contribution in [1.82, 2.24) is 51.9 Å². The fraction of sp³-hybridized carbons (Fsp3) is 0.562. The number of thioether (sulfide) groups is 1. The number of benzene rings is 1. The molecular weight excluding hydrogens is 977 g/mol. The number of nitrogens with zero attached hydrogens (tertiary/aromatic N) is 5. The van der Waals surface area contributed by atoms with Gasteiger partial charge in [-0.1, -0.05) is 29.3 Å². The van der Waals surface area contributed by atoms with Crippen LogP contribution in [-0.4, -0.2) is 144 Å². The Labute approximate surface area is 427 Å². The van der Waals surface area contributed by atoms with Crippen LogP contribution in [0.1, 0.15) is 88.6 Å². The average Bonchev–Trinajstić information content (AvgIpc) is 4.07. The van der Waals surface area contributed by atoms with Gasteiger partial charge in [0.15, 0.2) is 0 Å². The maximum absolute atomic E-state index is 14.0. The number of methoxy groups -OCH3 is 1. The zero-order valence-electron chi connectivity index (χ0n) is 41.0. The molecule has 1 unspecified atom stereocenters. The summed E-state index contributed by atoms with van der Waals surface area (Å²) in [6, 6.07) is 5.85. The van der Waals surface area contributed by atoms with Crippen molar-refractivity contribution in [1.29, 1.82) is 0 Å². The number of hydrogen-bond acceptors (Lipinski definition) is 16. The highest BCUT2D eigenvalue weighted by molar-refractivity contribution is 8.00. The molecule has 2 aromatic heterocycles. The first-order chi connectivity index (χ1) is 34.7. The number of urea groups is 1. The molecule has 3 aliphatic rings. The number of rotatable bonds is 28. The van der Waals surface area contributed by atoms with E-state index in [2.05, 4.69) is 47.2 Å². The van der Waals surface area contributed by atoms with E-state index in [0.29, 0.717) is 85.6 Å². The Morgan fingerprint density at radius 3 is 2.51 bits per heavy atom. The lowest BCUT2D eigenvalue weighted by Crippen LogP contribution is -2.47. The van der Waals surface area contributed by atoms with Gasteiger partial charge in [0.2, 0.25) is 11.8 Å². The highest BCUT2D eigenvalue weighted by atomic mass is 35.5. The molecule has 3 aromatic rings. The first-order valence-corrected chi connectivity index (χ1v) is 25.5. The van der Waals surface area contributed by atoms with Gasteiger partial charge >= 0.3 is 18.1 Å². The van der Waals surface area contributed by atoms with Crippen molar-refractivity contribution in [2.45, 2.75) is 114 Å². The third kappa shape index (κ3) is 17.4. The second-order valence-corrected chi connectivity index (χ2v) is 19.9. The van der Waals surface area contributed by atoms with Gasteiger partial charge in [-0.25, -0.2) is 23.5 Å². The number of aromatic nitrogens is 4. The van der Waals surface area contributed by atoms with E-state index in [4.69, 9.17) is 40.3 Å². The number of carbonyl (C=O) groups is 5. The van der Waals surface area contributed by atoms with Crippen molar-refractivity contribution >= 4 is 59.1 Å². The minimum atomic E-state index is -0.927. The number of amides is 5. The minimum absolute atomic E-state index is 0.0531. The number of unbranched alkanes of at least 4 members (excludes halogenated alkanes) is 2. The number of pyridine rings is 1. The van der Waals surface area contributed by atoms with Crippen LogP contribution in [0.3, 0.4) is 0 Å². The van der Waals surface area contributed by atoms with E-state index in [1.807, 2.05) is 11.8 Å². The number of halogens is 2. The van der Waals surface area contributed by atoms with Crippen LogP contribution in [0.2, 0.25) is 5.02 Å². The van der Waals surface area contributed by atoms with Gasteiger partial charge < -0.3 is 55.6 Å². The molecule has 5 atom stereocenters. The Balaban J connectivity index is 0.884. The lowest BCUT2D eigenvalue weighted by molar-refractivity contribution is -0.136. The largest absolute Gasteiger partial charge is 0.466 e. The molecule has 5 heterocycles. The van der Waals surface area contributed by atoms with Crippen molar-refractivity contribution in [3.63, 3.8) is 0 Å². The van der Waals surface area contributed by atoms with Crippen LogP contribution < -0.4 is 31.9 Å². The third-order valence-electron chi connectivity index (χ3n) is 11.5. The molecule has 0 saturated carbocycles. The second kappa shape index (κ2) is 27.8. The van der Waals surface area contributed by atoms with Crippen molar-refractivity contribution < 1.29 is 52.0 Å². The zero-order valence-corrected chi connectivity index (χ0v) is 42.6. The molecule has 392 valence electrons. The van der Waals surface area contributed by atoms with Gasteiger partial charge in [0.05, 0.1) is 82.8 Å². The Bertz CT molecular complexity index is 2370. The van der Waals surface area contributed by atoms with E-state index < -0.39 is 35.6 Å². The fourth-order valence-corrected chi connectivity index (χ4v) is 9.89. The summed E-state index contributed by atoms with van der Waals surface area (Å²) in [5.74, 6) is -0.424. The number of hydrogen-bond donors (Lipinski definition) is 6. The van der Waals surface area contributed by atoms with E-state index in [9.17, 15) is 28.4 Å². The summed E-state index contributed by atoms with van der Waals surface area (Å²) in [4.78, 5) is 72.1. The van der Waals surface area contributed by atoms with Gasteiger partial charge in [0, 0.05) is 59.1 Å². The molecule has 2 fully saturated rings. The summed E-state index contributed by atoms with van der Waals surface area (Å²) < 4.78 is 43.5. The van der Waals surface area contributed by atoms with Gasteiger partial charge in [-0.15, -0.1) is 5.10 Å². The molecular formula is C48H65ClFN11O10S. The van der Waals surface area contributed by atoms with E-state index >= 15 is 0 Å². The number of amidine groups is 1.